The number of methoxy groups -OCH3 is 2. The van der Waals surface area contributed by atoms with Crippen LogP contribution in [0.4, 0.5) is 0 Å². The zero-order valence-corrected chi connectivity index (χ0v) is 17.1. The van der Waals surface area contributed by atoms with E-state index in [1.807, 2.05) is 0 Å². The summed E-state index contributed by atoms with van der Waals surface area (Å²) in [5.74, 6) is 0.160. The number of rotatable bonds is 8. The monoisotopic (exact) mass is 408 g/mol. The molecule has 2 N–H and O–H groups in total. The van der Waals surface area contributed by atoms with E-state index in [1.54, 1.807) is 39.2 Å². The number of benzene rings is 1. The number of amidine groups is 1. The summed E-state index contributed by atoms with van der Waals surface area (Å²) >= 11 is 1.28. The molecule has 9 heteroatoms. The second kappa shape index (κ2) is 10.0. The van der Waals surface area contributed by atoms with Gasteiger partial charge in [0, 0.05) is 23.1 Å². The van der Waals surface area contributed by atoms with Gasteiger partial charge in [-0.2, -0.15) is 0 Å². The molecule has 2 rings (SSSR count). The molecule has 1 unspecified atom stereocenters. The number of nitrogens with one attached hydrogen (secondary N) is 1. The number of carbonyl (C=O) groups excluding carboxylic acids is 1. The van der Waals surface area contributed by atoms with Crippen LogP contribution in [0.1, 0.15) is 31.9 Å². The fourth-order valence-corrected chi connectivity index (χ4v) is 3.57. The Morgan fingerprint density at radius 2 is 2.04 bits per heavy atom. The largest absolute Gasteiger partial charge is 0.497 e. The third-order valence-electron chi connectivity index (χ3n) is 4.00. The van der Waals surface area contributed by atoms with Crippen molar-refractivity contribution in [2.45, 2.75) is 26.3 Å². The summed E-state index contributed by atoms with van der Waals surface area (Å²) in [6.07, 6.45) is 0.00931. The van der Waals surface area contributed by atoms with Crippen molar-refractivity contribution < 1.29 is 28.9 Å². The fraction of sp³-hybridized carbons (Fsp3) is 0.421. The highest BCUT2D eigenvalue weighted by Gasteiger charge is 2.32. The zero-order chi connectivity index (χ0) is 20.7. The lowest BCUT2D eigenvalue weighted by Gasteiger charge is -2.26. The highest BCUT2D eigenvalue weighted by Crippen LogP contribution is 2.39. The van der Waals surface area contributed by atoms with Crippen molar-refractivity contribution in [2.24, 2.45) is 4.99 Å². The highest BCUT2D eigenvalue weighted by molar-refractivity contribution is 8.13. The van der Waals surface area contributed by atoms with Crippen LogP contribution in [0.2, 0.25) is 0 Å². The third-order valence-corrected chi connectivity index (χ3v) is 4.89. The summed E-state index contributed by atoms with van der Waals surface area (Å²) < 4.78 is 15.9. The van der Waals surface area contributed by atoms with Crippen molar-refractivity contribution in [2.75, 3.05) is 26.6 Å². The Morgan fingerprint density at radius 3 is 2.64 bits per heavy atom. The first-order valence-corrected chi connectivity index (χ1v) is 9.69. The quantitative estimate of drug-likeness (QED) is 0.633. The summed E-state index contributed by atoms with van der Waals surface area (Å²) in [7, 11) is 3.09. The number of carbonyl (C=O) groups is 2. The van der Waals surface area contributed by atoms with Gasteiger partial charge in [-0.3, -0.25) is 4.79 Å². The Kier molecular flexibility index (Phi) is 7.74. The molecule has 0 radical (unpaired) electrons. The van der Waals surface area contributed by atoms with Crippen LogP contribution in [0.3, 0.4) is 0 Å². The number of esters is 1. The van der Waals surface area contributed by atoms with E-state index in [0.717, 1.165) is 0 Å². The molecule has 0 spiro atoms. The van der Waals surface area contributed by atoms with Crippen LogP contribution in [-0.4, -0.2) is 48.8 Å². The van der Waals surface area contributed by atoms with Gasteiger partial charge in [0.1, 0.15) is 17.5 Å². The Bertz CT molecular complexity index is 806. The van der Waals surface area contributed by atoms with E-state index in [2.05, 4.69) is 10.3 Å². The number of nitrogens with zero attached hydrogens (tertiary/aromatic N) is 1. The second-order valence-corrected chi connectivity index (χ2v) is 6.90. The van der Waals surface area contributed by atoms with Crippen LogP contribution < -0.4 is 14.8 Å². The Hall–Kier alpha value is -2.68. The first kappa shape index (κ1) is 21.6. The fourth-order valence-electron chi connectivity index (χ4n) is 2.70. The van der Waals surface area contributed by atoms with Gasteiger partial charge in [0.25, 0.3) is 0 Å². The van der Waals surface area contributed by atoms with Gasteiger partial charge in [0.15, 0.2) is 5.17 Å². The molecule has 152 valence electrons. The minimum atomic E-state index is -0.878. The molecule has 0 saturated heterocycles. The zero-order valence-electron chi connectivity index (χ0n) is 16.3. The lowest BCUT2D eigenvalue weighted by molar-refractivity contribution is -0.139. The third kappa shape index (κ3) is 5.19. The van der Waals surface area contributed by atoms with E-state index in [9.17, 15) is 9.59 Å². The molecule has 0 aromatic heterocycles. The molecule has 1 aliphatic heterocycles. The van der Waals surface area contributed by atoms with Crippen LogP contribution in [0.25, 0.3) is 0 Å². The predicted molar refractivity (Wildman–Crippen MR) is 107 cm³/mol. The number of allylic oxidation sites excluding steroid dienone is 1. The van der Waals surface area contributed by atoms with Gasteiger partial charge in [0.05, 0.1) is 32.8 Å². The van der Waals surface area contributed by atoms with Crippen molar-refractivity contribution in [3.8, 4) is 11.5 Å². The lowest BCUT2D eigenvalue weighted by Crippen LogP contribution is -2.31. The summed E-state index contributed by atoms with van der Waals surface area (Å²) in [4.78, 5) is 28.0. The van der Waals surface area contributed by atoms with E-state index in [4.69, 9.17) is 19.3 Å². The molecule has 1 aliphatic rings. The molecule has 28 heavy (non-hydrogen) atoms. The Morgan fingerprint density at radius 1 is 1.29 bits per heavy atom. The van der Waals surface area contributed by atoms with Crippen molar-refractivity contribution in [1.29, 1.82) is 0 Å². The van der Waals surface area contributed by atoms with Gasteiger partial charge in [-0.1, -0.05) is 11.8 Å². The minimum absolute atomic E-state index is 0.00931. The minimum Gasteiger partial charge on any atom is -0.497 e. The van der Waals surface area contributed by atoms with Crippen LogP contribution in [0.5, 0.6) is 11.5 Å². The molecule has 8 nitrogen and oxygen atoms in total. The molecule has 1 aromatic carbocycles. The molecule has 0 saturated carbocycles. The molecular formula is C19H24N2O6S. The standard InChI is InChI=1S/C19H24N2O6S/c1-5-27-18(24)16-11(2)20-19(28-9-8-15(22)23)21-17(16)13-7-6-12(25-3)10-14(13)26-4/h6-7,10,17H,5,8-9H2,1-4H3,(H,20,21)(H,22,23). The van der Waals surface area contributed by atoms with Crippen molar-refractivity contribution >= 4 is 28.9 Å². The number of thioether (sulfide) groups is 1. The van der Waals surface area contributed by atoms with Crippen molar-refractivity contribution in [3.63, 3.8) is 0 Å². The number of hydrogen-bond acceptors (Lipinski definition) is 8. The average Bonchev–Trinajstić information content (AvgIpc) is 2.66. The van der Waals surface area contributed by atoms with Gasteiger partial charge in [-0.25, -0.2) is 9.79 Å². The Balaban J connectivity index is 2.45. The number of aliphatic carboxylic acids is 1. The smallest absolute Gasteiger partial charge is 0.338 e. The molecule has 0 fully saturated rings. The maximum Gasteiger partial charge on any atom is 0.338 e. The normalized spacial score (nSPS) is 16.1. The Labute approximate surface area is 168 Å². The number of ether oxygens (including phenoxy) is 3. The predicted octanol–water partition coefficient (Wildman–Crippen LogP) is 2.75. The van der Waals surface area contributed by atoms with Gasteiger partial charge in [-0.05, 0) is 26.0 Å². The molecule has 1 heterocycles. The molecule has 1 aromatic rings. The van der Waals surface area contributed by atoms with Gasteiger partial charge in [0.2, 0.25) is 0 Å². The van der Waals surface area contributed by atoms with E-state index in [-0.39, 0.29) is 13.0 Å². The number of carboxylic acids is 1. The maximum absolute atomic E-state index is 12.6. The molecule has 0 bridgehead atoms. The molecule has 0 amide bonds. The molecular weight excluding hydrogens is 384 g/mol. The van der Waals surface area contributed by atoms with Crippen molar-refractivity contribution in [3.05, 3.63) is 35.0 Å². The second-order valence-electron chi connectivity index (χ2n) is 5.82. The molecule has 1 atom stereocenters. The van der Waals surface area contributed by atoms with Crippen LogP contribution >= 0.6 is 11.8 Å². The average molecular weight is 408 g/mol. The number of hydrogen-bond donors (Lipinski definition) is 2. The lowest BCUT2D eigenvalue weighted by atomic mass is 9.95. The van der Waals surface area contributed by atoms with Crippen LogP contribution in [-0.2, 0) is 14.3 Å². The van der Waals surface area contributed by atoms with Crippen molar-refractivity contribution in [1.82, 2.24) is 5.32 Å². The number of carboxylic acid groups (broad SMARTS) is 1. The van der Waals surface area contributed by atoms with E-state index in [1.165, 1.54) is 18.9 Å². The van der Waals surface area contributed by atoms with E-state index < -0.39 is 18.0 Å². The number of aliphatic imine (C=N–C) groups is 1. The topological polar surface area (TPSA) is 106 Å². The van der Waals surface area contributed by atoms with E-state index in [0.29, 0.717) is 39.3 Å². The maximum atomic E-state index is 12.6. The summed E-state index contributed by atoms with van der Waals surface area (Å²) in [5.41, 5.74) is 1.67. The molecule has 0 aliphatic carbocycles. The van der Waals surface area contributed by atoms with Gasteiger partial charge in [-0.15, -0.1) is 0 Å². The summed E-state index contributed by atoms with van der Waals surface area (Å²) in [5, 5.41) is 12.5. The van der Waals surface area contributed by atoms with E-state index >= 15 is 0 Å². The first-order valence-electron chi connectivity index (χ1n) is 8.70. The van der Waals surface area contributed by atoms with Crippen LogP contribution in [0.15, 0.2) is 34.5 Å². The van der Waals surface area contributed by atoms with Crippen LogP contribution in [0, 0.1) is 0 Å². The summed E-state index contributed by atoms with van der Waals surface area (Å²) in [6, 6.07) is 4.64. The first-order chi connectivity index (χ1) is 13.4. The SMILES string of the molecule is CCOC(=O)C1=C(C)NC(SCCC(=O)O)=NC1c1ccc(OC)cc1OC. The van der Waals surface area contributed by atoms with Gasteiger partial charge < -0.3 is 24.6 Å². The highest BCUT2D eigenvalue weighted by atomic mass is 32.2. The summed E-state index contributed by atoms with van der Waals surface area (Å²) in [6.45, 7) is 3.75. The van der Waals surface area contributed by atoms with Gasteiger partial charge >= 0.3 is 11.9 Å².